The average Bonchev–Trinajstić information content (AvgIpc) is 2.86. The molecule has 1 N–H and O–H groups in total. The van der Waals surface area contributed by atoms with Crippen molar-refractivity contribution in [3.8, 4) is 16.3 Å². The molecule has 2 rings (SSSR count). The number of hydrogen-bond donors (Lipinski definition) is 1. The van der Waals surface area contributed by atoms with Gasteiger partial charge >= 0.3 is 0 Å². The molecule has 5 heteroatoms. The molecule has 1 aromatic carbocycles. The van der Waals surface area contributed by atoms with Crippen molar-refractivity contribution < 1.29 is 9.13 Å². The molecule has 108 valence electrons. The van der Waals surface area contributed by atoms with Gasteiger partial charge in [0.25, 0.3) is 0 Å². The monoisotopic (exact) mass is 294 g/mol. The van der Waals surface area contributed by atoms with Crippen molar-refractivity contribution in [2.24, 2.45) is 5.92 Å². The van der Waals surface area contributed by atoms with Crippen LogP contribution in [-0.4, -0.2) is 18.6 Å². The summed E-state index contributed by atoms with van der Waals surface area (Å²) in [5.41, 5.74) is 0.519. The molecule has 0 unspecified atom stereocenters. The van der Waals surface area contributed by atoms with Gasteiger partial charge in [-0.3, -0.25) is 0 Å². The Morgan fingerprint density at radius 1 is 1.40 bits per heavy atom. The number of rotatable bonds is 6. The lowest BCUT2D eigenvalue weighted by Gasteiger charge is -2.05. The number of methoxy groups -OCH3 is 1. The Kier molecular flexibility index (Phi) is 5.09. The van der Waals surface area contributed by atoms with Crippen molar-refractivity contribution >= 4 is 11.3 Å². The second-order valence-electron chi connectivity index (χ2n) is 5.00. The van der Waals surface area contributed by atoms with Gasteiger partial charge in [-0.15, -0.1) is 11.3 Å². The smallest absolute Gasteiger partial charge is 0.137 e. The summed E-state index contributed by atoms with van der Waals surface area (Å²) < 4.78 is 19.0. The molecule has 1 heterocycles. The van der Waals surface area contributed by atoms with Gasteiger partial charge < -0.3 is 10.1 Å². The van der Waals surface area contributed by atoms with E-state index in [0.29, 0.717) is 22.2 Å². The number of nitrogens with zero attached hydrogens (tertiary/aromatic N) is 1. The predicted octanol–water partition coefficient (Wildman–Crippen LogP) is 3.70. The molecule has 0 aliphatic rings. The summed E-state index contributed by atoms with van der Waals surface area (Å²) in [6.45, 7) is 6.06. The van der Waals surface area contributed by atoms with Crippen LogP contribution in [0.15, 0.2) is 24.4 Å². The van der Waals surface area contributed by atoms with E-state index in [0.717, 1.165) is 18.0 Å². The highest BCUT2D eigenvalue weighted by molar-refractivity contribution is 7.15. The third kappa shape index (κ3) is 3.77. The fourth-order valence-corrected chi connectivity index (χ4v) is 2.70. The van der Waals surface area contributed by atoms with Crippen LogP contribution in [0.3, 0.4) is 0 Å². The van der Waals surface area contributed by atoms with Crippen LogP contribution in [0.1, 0.15) is 18.7 Å². The molecule has 2 aromatic rings. The zero-order valence-electron chi connectivity index (χ0n) is 11.9. The molecule has 3 nitrogen and oxygen atoms in total. The Hall–Kier alpha value is -1.46. The van der Waals surface area contributed by atoms with Gasteiger partial charge in [-0.05, 0) is 24.6 Å². The van der Waals surface area contributed by atoms with E-state index in [1.165, 1.54) is 24.5 Å². The Bertz CT molecular complexity index is 569. The number of halogens is 1. The molecule has 20 heavy (non-hydrogen) atoms. The topological polar surface area (TPSA) is 34.1 Å². The summed E-state index contributed by atoms with van der Waals surface area (Å²) in [5.74, 6) is 0.823. The summed E-state index contributed by atoms with van der Waals surface area (Å²) in [4.78, 5) is 5.41. The fraction of sp³-hybridized carbons (Fsp3) is 0.400. The third-order valence-electron chi connectivity index (χ3n) is 2.81. The van der Waals surface area contributed by atoms with E-state index >= 15 is 0 Å². The van der Waals surface area contributed by atoms with Gasteiger partial charge in [0.2, 0.25) is 0 Å². The summed E-state index contributed by atoms with van der Waals surface area (Å²) >= 11 is 1.51. The lowest BCUT2D eigenvalue weighted by atomic mass is 10.2. The number of nitrogens with one attached hydrogen (secondary N) is 1. The summed E-state index contributed by atoms with van der Waals surface area (Å²) in [5, 5.41) is 4.06. The Morgan fingerprint density at radius 3 is 2.85 bits per heavy atom. The normalized spacial score (nSPS) is 11.1. The highest BCUT2D eigenvalue weighted by Crippen LogP contribution is 2.29. The number of ether oxygens (including phenoxy) is 1. The number of hydrogen-bond acceptors (Lipinski definition) is 4. The number of thiazole rings is 1. The van der Waals surface area contributed by atoms with Gasteiger partial charge in [0.15, 0.2) is 0 Å². The van der Waals surface area contributed by atoms with Crippen LogP contribution in [0.2, 0.25) is 0 Å². The third-order valence-corrected chi connectivity index (χ3v) is 3.84. The molecular formula is C15H19FN2OS. The van der Waals surface area contributed by atoms with Gasteiger partial charge in [0, 0.05) is 29.2 Å². The second-order valence-corrected chi connectivity index (χ2v) is 6.12. The van der Waals surface area contributed by atoms with E-state index in [-0.39, 0.29) is 5.82 Å². The van der Waals surface area contributed by atoms with E-state index in [1.807, 2.05) is 0 Å². The molecule has 0 spiro atoms. The first-order valence-corrected chi connectivity index (χ1v) is 7.41. The molecule has 1 aromatic heterocycles. The maximum absolute atomic E-state index is 14.0. The lowest BCUT2D eigenvalue weighted by Crippen LogP contribution is -2.18. The van der Waals surface area contributed by atoms with Crippen LogP contribution in [-0.2, 0) is 6.54 Å². The van der Waals surface area contributed by atoms with Crippen molar-refractivity contribution in [2.45, 2.75) is 20.4 Å². The molecule has 0 amide bonds. The molecule has 0 aliphatic heterocycles. The minimum Gasteiger partial charge on any atom is -0.497 e. The first-order chi connectivity index (χ1) is 9.60. The Balaban J connectivity index is 2.08. The molecule has 0 saturated carbocycles. The van der Waals surface area contributed by atoms with Crippen LogP contribution in [0.4, 0.5) is 4.39 Å². The van der Waals surface area contributed by atoms with Crippen LogP contribution >= 0.6 is 11.3 Å². The maximum atomic E-state index is 14.0. The zero-order valence-corrected chi connectivity index (χ0v) is 12.8. The highest BCUT2D eigenvalue weighted by atomic mass is 32.1. The van der Waals surface area contributed by atoms with Crippen molar-refractivity contribution in [1.29, 1.82) is 0 Å². The molecule has 0 bridgehead atoms. The number of benzene rings is 1. The van der Waals surface area contributed by atoms with Gasteiger partial charge in [0.1, 0.15) is 16.6 Å². The molecule has 0 fully saturated rings. The minimum absolute atomic E-state index is 0.305. The van der Waals surface area contributed by atoms with E-state index in [9.17, 15) is 4.39 Å². The van der Waals surface area contributed by atoms with Gasteiger partial charge in [-0.2, -0.15) is 0 Å². The van der Waals surface area contributed by atoms with Gasteiger partial charge in [-0.25, -0.2) is 9.37 Å². The first kappa shape index (κ1) is 14.9. The van der Waals surface area contributed by atoms with Crippen LogP contribution < -0.4 is 10.1 Å². The minimum atomic E-state index is -0.305. The summed E-state index contributed by atoms with van der Waals surface area (Å²) in [7, 11) is 1.52. The van der Waals surface area contributed by atoms with Crippen LogP contribution in [0.25, 0.3) is 10.6 Å². The Morgan fingerprint density at radius 2 is 2.20 bits per heavy atom. The van der Waals surface area contributed by atoms with Gasteiger partial charge in [-0.1, -0.05) is 13.8 Å². The lowest BCUT2D eigenvalue weighted by molar-refractivity contribution is 0.411. The SMILES string of the molecule is COc1ccc(-c2ncc(CNCC(C)C)s2)c(F)c1. The standard InChI is InChI=1S/C15H19FN2OS/c1-10(2)7-17-8-12-9-18-15(20-12)13-5-4-11(19-3)6-14(13)16/h4-6,9-10,17H,7-8H2,1-3H3. The van der Waals surface area contributed by atoms with Crippen LogP contribution in [0.5, 0.6) is 5.75 Å². The van der Waals surface area contributed by atoms with Crippen molar-refractivity contribution in [1.82, 2.24) is 10.3 Å². The predicted molar refractivity (Wildman–Crippen MR) is 80.6 cm³/mol. The summed E-state index contributed by atoms with van der Waals surface area (Å²) in [6.07, 6.45) is 1.80. The molecule has 0 atom stereocenters. The highest BCUT2D eigenvalue weighted by Gasteiger charge is 2.10. The molecule has 0 saturated heterocycles. The van der Waals surface area contributed by atoms with E-state index in [2.05, 4.69) is 24.1 Å². The summed E-state index contributed by atoms with van der Waals surface area (Å²) in [6, 6.07) is 4.84. The fourth-order valence-electron chi connectivity index (χ4n) is 1.79. The quantitative estimate of drug-likeness (QED) is 0.882. The molecule has 0 radical (unpaired) electrons. The largest absolute Gasteiger partial charge is 0.497 e. The van der Waals surface area contributed by atoms with Gasteiger partial charge in [0.05, 0.1) is 7.11 Å². The van der Waals surface area contributed by atoms with Crippen molar-refractivity contribution in [2.75, 3.05) is 13.7 Å². The van der Waals surface area contributed by atoms with Crippen molar-refractivity contribution in [3.05, 3.63) is 35.1 Å². The van der Waals surface area contributed by atoms with E-state index in [4.69, 9.17) is 4.74 Å². The van der Waals surface area contributed by atoms with E-state index < -0.39 is 0 Å². The van der Waals surface area contributed by atoms with Crippen molar-refractivity contribution in [3.63, 3.8) is 0 Å². The maximum Gasteiger partial charge on any atom is 0.137 e. The first-order valence-electron chi connectivity index (χ1n) is 6.59. The number of aromatic nitrogens is 1. The van der Waals surface area contributed by atoms with Crippen LogP contribution in [0, 0.1) is 11.7 Å². The Labute approximate surface area is 122 Å². The van der Waals surface area contributed by atoms with E-state index in [1.54, 1.807) is 18.3 Å². The average molecular weight is 294 g/mol. The second kappa shape index (κ2) is 6.81. The molecule has 0 aliphatic carbocycles. The molecular weight excluding hydrogens is 275 g/mol. The zero-order chi connectivity index (χ0) is 14.5.